The normalized spacial score (nSPS) is 22.0. The van der Waals surface area contributed by atoms with E-state index >= 15 is 0 Å². The molecule has 15 heavy (non-hydrogen) atoms. The number of morpholine rings is 1. The number of aromatic nitrogens is 2. The first-order valence-corrected chi connectivity index (χ1v) is 6.00. The molecule has 0 amide bonds. The predicted octanol–water partition coefficient (Wildman–Crippen LogP) is 0.264. The van der Waals surface area contributed by atoms with Crippen LogP contribution in [0, 0.1) is 0 Å². The quantitative estimate of drug-likeness (QED) is 0.804. The van der Waals surface area contributed by atoms with Crippen LogP contribution in [0.15, 0.2) is 0 Å². The minimum atomic E-state index is 0.132. The maximum absolute atomic E-state index is 5.59. The maximum atomic E-state index is 5.59. The number of anilines is 1. The van der Waals surface area contributed by atoms with Crippen LogP contribution in [0.4, 0.5) is 5.13 Å². The Kier molecular flexibility index (Phi) is 3.50. The summed E-state index contributed by atoms with van der Waals surface area (Å²) in [4.78, 5) is 6.66. The van der Waals surface area contributed by atoms with Gasteiger partial charge in [0.05, 0.1) is 12.7 Å². The number of hydrogen-bond acceptors (Lipinski definition) is 6. The van der Waals surface area contributed by atoms with E-state index in [1.165, 1.54) is 11.5 Å². The third-order valence-electron chi connectivity index (χ3n) is 2.45. The first kappa shape index (κ1) is 10.8. The summed E-state index contributed by atoms with van der Waals surface area (Å²) in [5.41, 5.74) is 5.59. The molecule has 0 bridgehead atoms. The van der Waals surface area contributed by atoms with Gasteiger partial charge in [0.1, 0.15) is 5.82 Å². The zero-order valence-electron chi connectivity index (χ0n) is 8.85. The molecule has 2 rings (SSSR count). The van der Waals surface area contributed by atoms with Crippen molar-refractivity contribution in [3.8, 4) is 0 Å². The van der Waals surface area contributed by atoms with E-state index in [1.54, 1.807) is 0 Å². The van der Waals surface area contributed by atoms with Gasteiger partial charge in [-0.15, -0.1) is 0 Å². The highest BCUT2D eigenvalue weighted by atomic mass is 32.1. The number of nitrogens with two attached hydrogens (primary N) is 1. The molecule has 1 atom stereocenters. The summed E-state index contributed by atoms with van der Waals surface area (Å²) in [5.74, 6) is 0.922. The van der Waals surface area contributed by atoms with E-state index in [2.05, 4.69) is 21.2 Å². The fourth-order valence-corrected chi connectivity index (χ4v) is 2.34. The zero-order valence-corrected chi connectivity index (χ0v) is 9.66. The molecule has 5 nitrogen and oxygen atoms in total. The van der Waals surface area contributed by atoms with Crippen molar-refractivity contribution in [2.45, 2.75) is 19.4 Å². The number of rotatable bonds is 3. The molecule has 1 unspecified atom stereocenters. The molecule has 1 saturated heterocycles. The molecule has 1 aliphatic rings. The molecule has 84 valence electrons. The average molecular weight is 228 g/mol. The molecule has 0 radical (unpaired) electrons. The first-order chi connectivity index (χ1) is 7.33. The summed E-state index contributed by atoms with van der Waals surface area (Å²) < 4.78 is 9.78. The smallest absolute Gasteiger partial charge is 0.205 e. The van der Waals surface area contributed by atoms with Crippen LogP contribution in [0.3, 0.4) is 0 Å². The third-order valence-corrected chi connectivity index (χ3v) is 3.26. The van der Waals surface area contributed by atoms with Crippen LogP contribution in [0.25, 0.3) is 0 Å². The van der Waals surface area contributed by atoms with Gasteiger partial charge in [-0.3, -0.25) is 0 Å². The van der Waals surface area contributed by atoms with E-state index in [-0.39, 0.29) is 6.10 Å². The summed E-state index contributed by atoms with van der Waals surface area (Å²) in [6.07, 6.45) is 1.02. The predicted molar refractivity (Wildman–Crippen MR) is 60.3 cm³/mol. The van der Waals surface area contributed by atoms with E-state index in [1.807, 2.05) is 0 Å². The summed E-state index contributed by atoms with van der Waals surface area (Å²) in [7, 11) is 0. The van der Waals surface area contributed by atoms with Gasteiger partial charge in [0.2, 0.25) is 5.13 Å². The Morgan fingerprint density at radius 1 is 1.67 bits per heavy atom. The fourth-order valence-electron chi connectivity index (χ4n) is 1.55. The van der Waals surface area contributed by atoms with Crippen molar-refractivity contribution in [3.05, 3.63) is 5.82 Å². The van der Waals surface area contributed by atoms with Crippen molar-refractivity contribution < 1.29 is 4.74 Å². The molecule has 1 fully saturated rings. The van der Waals surface area contributed by atoms with Crippen LogP contribution in [-0.4, -0.2) is 41.7 Å². The molecule has 0 aliphatic carbocycles. The highest BCUT2D eigenvalue weighted by Gasteiger charge is 2.21. The zero-order chi connectivity index (χ0) is 10.7. The van der Waals surface area contributed by atoms with E-state index in [9.17, 15) is 0 Å². The lowest BCUT2D eigenvalue weighted by atomic mass is 10.3. The van der Waals surface area contributed by atoms with Crippen LogP contribution in [0.1, 0.15) is 12.7 Å². The van der Waals surface area contributed by atoms with Crippen molar-refractivity contribution in [1.29, 1.82) is 0 Å². The average Bonchev–Trinajstić information content (AvgIpc) is 2.78. The Bertz CT molecular complexity index is 317. The molecule has 1 aromatic heterocycles. The summed E-state index contributed by atoms with van der Waals surface area (Å²) in [5, 5.41) is 0.994. The SMILES string of the molecule is CCc1nsc(N2CCOC(CN)C2)n1. The number of ether oxygens (including phenoxy) is 1. The van der Waals surface area contributed by atoms with E-state index in [4.69, 9.17) is 10.5 Å². The minimum absolute atomic E-state index is 0.132. The molecule has 0 saturated carbocycles. The lowest BCUT2D eigenvalue weighted by Crippen LogP contribution is -2.45. The molecule has 6 heteroatoms. The number of aryl methyl sites for hydroxylation is 1. The Morgan fingerprint density at radius 3 is 3.20 bits per heavy atom. The van der Waals surface area contributed by atoms with Crippen molar-refractivity contribution in [2.24, 2.45) is 5.73 Å². The van der Waals surface area contributed by atoms with E-state index in [0.717, 1.165) is 37.1 Å². The standard InChI is InChI=1S/C9H16N4OS/c1-2-8-11-9(15-12-8)13-3-4-14-7(5-10)6-13/h7H,2-6,10H2,1H3. The topological polar surface area (TPSA) is 64.3 Å². The Hall–Kier alpha value is -0.720. The summed E-state index contributed by atoms with van der Waals surface area (Å²) >= 11 is 1.46. The largest absolute Gasteiger partial charge is 0.373 e. The summed E-state index contributed by atoms with van der Waals surface area (Å²) in [6.45, 7) is 5.07. The first-order valence-electron chi connectivity index (χ1n) is 5.22. The van der Waals surface area contributed by atoms with Gasteiger partial charge in [-0.2, -0.15) is 4.37 Å². The van der Waals surface area contributed by atoms with Gasteiger partial charge < -0.3 is 15.4 Å². The molecule has 0 spiro atoms. The van der Waals surface area contributed by atoms with Crippen LogP contribution in [0.5, 0.6) is 0 Å². The van der Waals surface area contributed by atoms with Crippen LogP contribution >= 0.6 is 11.5 Å². The molecule has 1 aliphatic heterocycles. The van der Waals surface area contributed by atoms with Gasteiger partial charge in [-0.1, -0.05) is 6.92 Å². The molecule has 1 aromatic rings. The van der Waals surface area contributed by atoms with Crippen molar-refractivity contribution in [3.63, 3.8) is 0 Å². The fraction of sp³-hybridized carbons (Fsp3) is 0.778. The van der Waals surface area contributed by atoms with Crippen molar-refractivity contribution in [2.75, 3.05) is 31.1 Å². The second kappa shape index (κ2) is 4.87. The molecule has 2 heterocycles. The molecular weight excluding hydrogens is 212 g/mol. The van der Waals surface area contributed by atoms with Gasteiger partial charge in [-0.05, 0) is 0 Å². The van der Waals surface area contributed by atoms with Gasteiger partial charge >= 0.3 is 0 Å². The summed E-state index contributed by atoms with van der Waals surface area (Å²) in [6, 6.07) is 0. The van der Waals surface area contributed by atoms with Crippen molar-refractivity contribution in [1.82, 2.24) is 9.36 Å². The Balaban J connectivity index is 2.03. The second-order valence-corrected chi connectivity index (χ2v) is 4.25. The molecule has 0 aromatic carbocycles. The maximum Gasteiger partial charge on any atom is 0.205 e. The van der Waals surface area contributed by atoms with Gasteiger partial charge in [0.15, 0.2) is 0 Å². The van der Waals surface area contributed by atoms with Crippen LogP contribution in [0.2, 0.25) is 0 Å². The van der Waals surface area contributed by atoms with Crippen LogP contribution < -0.4 is 10.6 Å². The van der Waals surface area contributed by atoms with Gasteiger partial charge in [-0.25, -0.2) is 4.98 Å². The van der Waals surface area contributed by atoms with E-state index in [0.29, 0.717) is 6.54 Å². The second-order valence-electron chi connectivity index (χ2n) is 3.52. The minimum Gasteiger partial charge on any atom is -0.373 e. The lowest BCUT2D eigenvalue weighted by molar-refractivity contribution is 0.0465. The number of nitrogens with zero attached hydrogens (tertiary/aromatic N) is 3. The lowest BCUT2D eigenvalue weighted by Gasteiger charge is -2.31. The molecular formula is C9H16N4OS. The Morgan fingerprint density at radius 2 is 2.53 bits per heavy atom. The third kappa shape index (κ3) is 2.45. The van der Waals surface area contributed by atoms with E-state index < -0.39 is 0 Å². The van der Waals surface area contributed by atoms with Gasteiger partial charge in [0.25, 0.3) is 0 Å². The monoisotopic (exact) mass is 228 g/mol. The highest BCUT2D eigenvalue weighted by molar-refractivity contribution is 7.09. The Labute approximate surface area is 93.4 Å². The molecule has 2 N–H and O–H groups in total. The van der Waals surface area contributed by atoms with Crippen molar-refractivity contribution >= 4 is 16.7 Å². The van der Waals surface area contributed by atoms with Crippen LogP contribution in [-0.2, 0) is 11.2 Å². The highest BCUT2D eigenvalue weighted by Crippen LogP contribution is 2.19. The van der Waals surface area contributed by atoms with Gasteiger partial charge in [0, 0.05) is 37.6 Å². The number of hydrogen-bond donors (Lipinski definition) is 1.